The SMILES string of the molecule is CCOC(=O)C1CCC(NCc2ccc(OC)c(F)c2)CC1. The van der Waals surface area contributed by atoms with Gasteiger partial charge in [-0.05, 0) is 50.3 Å². The molecule has 4 nitrogen and oxygen atoms in total. The van der Waals surface area contributed by atoms with Crippen molar-refractivity contribution < 1.29 is 18.7 Å². The van der Waals surface area contributed by atoms with E-state index in [1.165, 1.54) is 13.2 Å². The van der Waals surface area contributed by atoms with Gasteiger partial charge >= 0.3 is 5.97 Å². The minimum Gasteiger partial charge on any atom is -0.494 e. The highest BCUT2D eigenvalue weighted by Gasteiger charge is 2.26. The van der Waals surface area contributed by atoms with Crippen molar-refractivity contribution in [3.8, 4) is 5.75 Å². The summed E-state index contributed by atoms with van der Waals surface area (Å²) in [5.74, 6) is -0.110. The molecule has 1 aromatic rings. The fourth-order valence-corrected chi connectivity index (χ4v) is 2.88. The second-order valence-corrected chi connectivity index (χ2v) is 5.65. The number of ether oxygens (including phenoxy) is 2. The van der Waals surface area contributed by atoms with Crippen LogP contribution in [0.3, 0.4) is 0 Å². The van der Waals surface area contributed by atoms with Gasteiger partial charge in [0.25, 0.3) is 0 Å². The number of methoxy groups -OCH3 is 1. The number of hydrogen-bond acceptors (Lipinski definition) is 4. The van der Waals surface area contributed by atoms with E-state index >= 15 is 0 Å². The number of rotatable bonds is 6. The van der Waals surface area contributed by atoms with Crippen LogP contribution in [0.4, 0.5) is 4.39 Å². The summed E-state index contributed by atoms with van der Waals surface area (Å²) in [5.41, 5.74) is 0.894. The van der Waals surface area contributed by atoms with E-state index in [1.54, 1.807) is 6.07 Å². The van der Waals surface area contributed by atoms with Crippen molar-refractivity contribution >= 4 is 5.97 Å². The van der Waals surface area contributed by atoms with Gasteiger partial charge in [0, 0.05) is 12.6 Å². The molecule has 0 saturated heterocycles. The average Bonchev–Trinajstić information content (AvgIpc) is 2.54. The highest BCUT2D eigenvalue weighted by atomic mass is 19.1. The highest BCUT2D eigenvalue weighted by Crippen LogP contribution is 2.26. The molecule has 0 heterocycles. The smallest absolute Gasteiger partial charge is 0.308 e. The summed E-state index contributed by atoms with van der Waals surface area (Å²) < 4.78 is 23.6. The van der Waals surface area contributed by atoms with Gasteiger partial charge in [-0.25, -0.2) is 4.39 Å². The molecule has 0 bridgehead atoms. The standard InChI is InChI=1S/C17H24FNO3/c1-3-22-17(20)13-5-7-14(8-6-13)19-11-12-4-9-16(21-2)15(18)10-12/h4,9-10,13-14,19H,3,5-8,11H2,1-2H3. The number of carbonyl (C=O) groups is 1. The van der Waals surface area contributed by atoms with Gasteiger partial charge < -0.3 is 14.8 Å². The van der Waals surface area contributed by atoms with Crippen LogP contribution < -0.4 is 10.1 Å². The summed E-state index contributed by atoms with van der Waals surface area (Å²) in [6.45, 7) is 2.90. The van der Waals surface area contributed by atoms with Crippen molar-refractivity contribution in [2.24, 2.45) is 5.92 Å². The highest BCUT2D eigenvalue weighted by molar-refractivity contribution is 5.72. The summed E-state index contributed by atoms with van der Waals surface area (Å²) in [7, 11) is 1.46. The lowest BCUT2D eigenvalue weighted by Gasteiger charge is -2.28. The lowest BCUT2D eigenvalue weighted by Crippen LogP contribution is -2.35. The summed E-state index contributed by atoms with van der Waals surface area (Å²) in [6, 6.07) is 5.37. The molecule has 5 heteroatoms. The molecule has 22 heavy (non-hydrogen) atoms. The number of nitrogens with one attached hydrogen (secondary N) is 1. The Balaban J connectivity index is 1.77. The molecule has 1 aliphatic rings. The molecule has 1 N–H and O–H groups in total. The van der Waals surface area contributed by atoms with Crippen molar-refractivity contribution in [2.45, 2.75) is 45.2 Å². The molecule has 122 valence electrons. The third-order valence-corrected chi connectivity index (χ3v) is 4.16. The molecule has 1 fully saturated rings. The zero-order chi connectivity index (χ0) is 15.9. The largest absolute Gasteiger partial charge is 0.494 e. The van der Waals surface area contributed by atoms with Gasteiger partial charge in [-0.2, -0.15) is 0 Å². The number of carbonyl (C=O) groups excluding carboxylic acids is 1. The number of esters is 1. The van der Waals surface area contributed by atoms with Crippen molar-refractivity contribution in [1.82, 2.24) is 5.32 Å². The second-order valence-electron chi connectivity index (χ2n) is 5.65. The van der Waals surface area contributed by atoms with Crippen LogP contribution in [0.5, 0.6) is 5.75 Å². The van der Waals surface area contributed by atoms with Crippen LogP contribution in [0, 0.1) is 11.7 Å². The van der Waals surface area contributed by atoms with Crippen molar-refractivity contribution in [2.75, 3.05) is 13.7 Å². The van der Waals surface area contributed by atoms with Gasteiger partial charge in [-0.1, -0.05) is 6.07 Å². The monoisotopic (exact) mass is 309 g/mol. The number of hydrogen-bond donors (Lipinski definition) is 1. The van der Waals surface area contributed by atoms with Crippen LogP contribution in [0.25, 0.3) is 0 Å². The lowest BCUT2D eigenvalue weighted by atomic mass is 9.86. The van der Waals surface area contributed by atoms with Gasteiger partial charge in [-0.15, -0.1) is 0 Å². The Labute approximate surface area is 131 Å². The summed E-state index contributed by atoms with van der Waals surface area (Å²) in [6.07, 6.45) is 3.60. The Morgan fingerprint density at radius 3 is 2.64 bits per heavy atom. The number of benzene rings is 1. The zero-order valence-corrected chi connectivity index (χ0v) is 13.2. The molecule has 0 aliphatic heterocycles. The van der Waals surface area contributed by atoms with Crippen LogP contribution in [-0.2, 0) is 16.1 Å². The molecule has 0 aromatic heterocycles. The van der Waals surface area contributed by atoms with Gasteiger partial charge in [0.1, 0.15) is 0 Å². The molecule has 0 radical (unpaired) electrons. The van der Waals surface area contributed by atoms with E-state index < -0.39 is 0 Å². The van der Waals surface area contributed by atoms with Crippen molar-refractivity contribution in [3.63, 3.8) is 0 Å². The van der Waals surface area contributed by atoms with Crippen molar-refractivity contribution in [3.05, 3.63) is 29.6 Å². The molecular formula is C17H24FNO3. The topological polar surface area (TPSA) is 47.6 Å². The van der Waals surface area contributed by atoms with Gasteiger partial charge in [0.2, 0.25) is 0 Å². The van der Waals surface area contributed by atoms with Crippen LogP contribution in [0.15, 0.2) is 18.2 Å². The maximum atomic E-state index is 13.6. The summed E-state index contributed by atoms with van der Waals surface area (Å²) >= 11 is 0. The molecule has 0 atom stereocenters. The molecule has 1 aliphatic carbocycles. The second kappa shape index (κ2) is 8.13. The molecule has 1 aromatic carbocycles. The summed E-state index contributed by atoms with van der Waals surface area (Å²) in [5, 5.41) is 3.43. The Morgan fingerprint density at radius 1 is 1.32 bits per heavy atom. The number of halogens is 1. The molecule has 1 saturated carbocycles. The van der Waals surface area contributed by atoms with E-state index in [9.17, 15) is 9.18 Å². The lowest BCUT2D eigenvalue weighted by molar-refractivity contribution is -0.149. The fraction of sp³-hybridized carbons (Fsp3) is 0.588. The Morgan fingerprint density at radius 2 is 2.05 bits per heavy atom. The molecule has 2 rings (SSSR count). The molecule has 0 amide bonds. The normalized spacial score (nSPS) is 21.4. The van der Waals surface area contributed by atoms with Gasteiger partial charge in [-0.3, -0.25) is 4.79 Å². The quantitative estimate of drug-likeness (QED) is 0.821. The molecular weight excluding hydrogens is 285 g/mol. The predicted octanol–water partition coefficient (Wildman–Crippen LogP) is 3.05. The third kappa shape index (κ3) is 4.44. The Kier molecular flexibility index (Phi) is 6.19. The maximum absolute atomic E-state index is 13.6. The maximum Gasteiger partial charge on any atom is 0.308 e. The fourth-order valence-electron chi connectivity index (χ4n) is 2.88. The van der Waals surface area contributed by atoms with Crippen LogP contribution in [0.2, 0.25) is 0 Å². The van der Waals surface area contributed by atoms with Crippen LogP contribution in [0.1, 0.15) is 38.2 Å². The van der Waals surface area contributed by atoms with E-state index in [4.69, 9.17) is 9.47 Å². The Hall–Kier alpha value is -1.62. The first kappa shape index (κ1) is 16.7. The van der Waals surface area contributed by atoms with Crippen molar-refractivity contribution in [1.29, 1.82) is 0 Å². The third-order valence-electron chi connectivity index (χ3n) is 4.16. The molecule has 0 spiro atoms. The average molecular weight is 309 g/mol. The Bertz CT molecular complexity index is 499. The van der Waals surface area contributed by atoms with E-state index in [-0.39, 0.29) is 23.5 Å². The van der Waals surface area contributed by atoms with Crippen LogP contribution >= 0.6 is 0 Å². The first-order valence-electron chi connectivity index (χ1n) is 7.86. The first-order valence-corrected chi connectivity index (χ1v) is 7.86. The predicted molar refractivity (Wildman–Crippen MR) is 82.2 cm³/mol. The first-order chi connectivity index (χ1) is 10.6. The summed E-state index contributed by atoms with van der Waals surface area (Å²) in [4.78, 5) is 11.7. The van der Waals surface area contributed by atoms with E-state index in [0.29, 0.717) is 19.2 Å². The van der Waals surface area contributed by atoms with Crippen LogP contribution in [-0.4, -0.2) is 25.7 Å². The zero-order valence-electron chi connectivity index (χ0n) is 13.2. The van der Waals surface area contributed by atoms with Gasteiger partial charge in [0.15, 0.2) is 11.6 Å². The minimum atomic E-state index is -0.340. The van der Waals surface area contributed by atoms with E-state index in [2.05, 4.69) is 5.32 Å². The van der Waals surface area contributed by atoms with E-state index in [0.717, 1.165) is 31.2 Å². The molecule has 0 unspecified atom stereocenters. The van der Waals surface area contributed by atoms with E-state index in [1.807, 2.05) is 13.0 Å². The van der Waals surface area contributed by atoms with Gasteiger partial charge in [0.05, 0.1) is 19.6 Å². The minimum absolute atomic E-state index is 0.0384.